The minimum Gasteiger partial charge on any atom is -0.326 e. The first kappa shape index (κ1) is 14.4. The molecule has 1 aromatic rings. The summed E-state index contributed by atoms with van der Waals surface area (Å²) >= 11 is 0. The normalized spacial score (nSPS) is 11.9. The number of amides is 1. The smallest absolute Gasteiger partial charge is 0.225 e. The Morgan fingerprint density at radius 3 is 2.33 bits per heavy atom. The lowest BCUT2D eigenvalue weighted by molar-refractivity contribution is -0.116. The van der Waals surface area contributed by atoms with Crippen LogP contribution in [0, 0.1) is 0 Å². The van der Waals surface area contributed by atoms with E-state index in [-0.39, 0.29) is 17.7 Å². The van der Waals surface area contributed by atoms with Gasteiger partial charge in [-0.15, -0.1) is 0 Å². The third-order valence-corrected chi connectivity index (χ3v) is 2.62. The van der Waals surface area contributed by atoms with Gasteiger partial charge in [0.1, 0.15) is 0 Å². The first-order valence-corrected chi connectivity index (χ1v) is 6.17. The SMILES string of the molecule is CCNC(C)CC(=O)Nc1ccc(C(C)=O)cc1. The summed E-state index contributed by atoms with van der Waals surface area (Å²) in [6, 6.07) is 7.07. The van der Waals surface area contributed by atoms with E-state index in [4.69, 9.17) is 0 Å². The molecular formula is C14H20N2O2. The first-order chi connectivity index (χ1) is 8.52. The van der Waals surface area contributed by atoms with Crippen LogP contribution in [0.5, 0.6) is 0 Å². The van der Waals surface area contributed by atoms with Crippen molar-refractivity contribution in [3.05, 3.63) is 29.8 Å². The Kier molecular flexibility index (Phi) is 5.52. The van der Waals surface area contributed by atoms with E-state index < -0.39 is 0 Å². The van der Waals surface area contributed by atoms with Crippen molar-refractivity contribution in [2.24, 2.45) is 0 Å². The van der Waals surface area contributed by atoms with Crippen LogP contribution in [0.25, 0.3) is 0 Å². The minimum atomic E-state index is -0.0287. The van der Waals surface area contributed by atoms with Gasteiger partial charge in [-0.2, -0.15) is 0 Å². The summed E-state index contributed by atoms with van der Waals surface area (Å²) < 4.78 is 0. The summed E-state index contributed by atoms with van der Waals surface area (Å²) in [6.45, 7) is 6.35. The Bertz CT molecular complexity index is 412. The molecule has 0 saturated carbocycles. The average molecular weight is 248 g/mol. The van der Waals surface area contributed by atoms with E-state index in [1.165, 1.54) is 6.92 Å². The highest BCUT2D eigenvalue weighted by Gasteiger charge is 2.08. The van der Waals surface area contributed by atoms with Crippen molar-refractivity contribution in [1.82, 2.24) is 5.32 Å². The molecule has 0 aliphatic rings. The second-order valence-electron chi connectivity index (χ2n) is 4.34. The molecule has 1 aromatic carbocycles. The second kappa shape index (κ2) is 6.91. The molecule has 2 N–H and O–H groups in total. The number of hydrogen-bond donors (Lipinski definition) is 2. The number of nitrogens with one attached hydrogen (secondary N) is 2. The molecular weight excluding hydrogens is 228 g/mol. The molecule has 0 spiro atoms. The molecule has 0 bridgehead atoms. The predicted octanol–water partition coefficient (Wildman–Crippen LogP) is 2.22. The number of carbonyl (C=O) groups is 2. The quantitative estimate of drug-likeness (QED) is 0.759. The summed E-state index contributed by atoms with van der Waals surface area (Å²) in [6.07, 6.45) is 0.433. The lowest BCUT2D eigenvalue weighted by Crippen LogP contribution is -2.30. The molecule has 4 nitrogen and oxygen atoms in total. The fourth-order valence-corrected chi connectivity index (χ4v) is 1.70. The Morgan fingerprint density at radius 1 is 1.22 bits per heavy atom. The molecule has 98 valence electrons. The number of carbonyl (C=O) groups excluding carboxylic acids is 2. The molecule has 1 rings (SSSR count). The number of ketones is 1. The number of anilines is 1. The minimum absolute atomic E-state index is 0.0219. The van der Waals surface area contributed by atoms with E-state index in [1.807, 2.05) is 13.8 Å². The Labute approximate surface area is 108 Å². The van der Waals surface area contributed by atoms with E-state index in [0.717, 1.165) is 6.54 Å². The average Bonchev–Trinajstić information content (AvgIpc) is 2.29. The van der Waals surface area contributed by atoms with Crippen molar-refractivity contribution in [2.45, 2.75) is 33.2 Å². The molecule has 0 aliphatic heterocycles. The van der Waals surface area contributed by atoms with E-state index in [2.05, 4.69) is 10.6 Å². The van der Waals surface area contributed by atoms with E-state index in [0.29, 0.717) is 17.7 Å². The van der Waals surface area contributed by atoms with Crippen LogP contribution >= 0.6 is 0 Å². The van der Waals surface area contributed by atoms with Crippen LogP contribution in [0.4, 0.5) is 5.69 Å². The Morgan fingerprint density at radius 2 is 1.83 bits per heavy atom. The molecule has 0 aromatic heterocycles. The standard InChI is InChI=1S/C14H20N2O2/c1-4-15-10(2)9-14(18)16-13-7-5-12(6-8-13)11(3)17/h5-8,10,15H,4,9H2,1-3H3,(H,16,18). The highest BCUT2D eigenvalue weighted by Crippen LogP contribution is 2.10. The summed E-state index contributed by atoms with van der Waals surface area (Å²) in [7, 11) is 0. The van der Waals surface area contributed by atoms with Crippen LogP contribution in [0.3, 0.4) is 0 Å². The van der Waals surface area contributed by atoms with Gasteiger partial charge in [0.2, 0.25) is 5.91 Å². The third-order valence-electron chi connectivity index (χ3n) is 2.62. The second-order valence-corrected chi connectivity index (χ2v) is 4.34. The van der Waals surface area contributed by atoms with Gasteiger partial charge < -0.3 is 10.6 Å². The Hall–Kier alpha value is -1.68. The monoisotopic (exact) mass is 248 g/mol. The van der Waals surface area contributed by atoms with Gasteiger partial charge in [0.05, 0.1) is 0 Å². The van der Waals surface area contributed by atoms with Gasteiger partial charge in [0.25, 0.3) is 0 Å². The van der Waals surface area contributed by atoms with Gasteiger partial charge >= 0.3 is 0 Å². The Balaban J connectivity index is 2.51. The van der Waals surface area contributed by atoms with Crippen LogP contribution in [-0.2, 0) is 4.79 Å². The zero-order valence-electron chi connectivity index (χ0n) is 11.1. The lowest BCUT2D eigenvalue weighted by Gasteiger charge is -2.12. The highest BCUT2D eigenvalue weighted by molar-refractivity contribution is 5.95. The van der Waals surface area contributed by atoms with Crippen LogP contribution in [-0.4, -0.2) is 24.3 Å². The molecule has 0 heterocycles. The number of benzene rings is 1. The fourth-order valence-electron chi connectivity index (χ4n) is 1.70. The van der Waals surface area contributed by atoms with E-state index >= 15 is 0 Å². The van der Waals surface area contributed by atoms with Gasteiger partial charge in [-0.1, -0.05) is 6.92 Å². The molecule has 0 radical (unpaired) electrons. The molecule has 4 heteroatoms. The molecule has 1 amide bonds. The molecule has 0 saturated heterocycles. The van der Waals surface area contributed by atoms with Crippen LogP contribution in [0.15, 0.2) is 24.3 Å². The van der Waals surface area contributed by atoms with Crippen molar-refractivity contribution >= 4 is 17.4 Å². The summed E-state index contributed by atoms with van der Waals surface area (Å²) in [5.41, 5.74) is 1.36. The van der Waals surface area contributed by atoms with Crippen molar-refractivity contribution < 1.29 is 9.59 Å². The molecule has 0 fully saturated rings. The van der Waals surface area contributed by atoms with Gasteiger partial charge in [0.15, 0.2) is 5.78 Å². The van der Waals surface area contributed by atoms with E-state index in [1.54, 1.807) is 24.3 Å². The van der Waals surface area contributed by atoms with Crippen LogP contribution in [0.2, 0.25) is 0 Å². The maximum atomic E-state index is 11.7. The highest BCUT2D eigenvalue weighted by atomic mass is 16.1. The third kappa shape index (κ3) is 4.67. The number of hydrogen-bond acceptors (Lipinski definition) is 3. The van der Waals surface area contributed by atoms with Gasteiger partial charge in [-0.25, -0.2) is 0 Å². The topological polar surface area (TPSA) is 58.2 Å². The van der Waals surface area contributed by atoms with Gasteiger partial charge in [-0.3, -0.25) is 9.59 Å². The number of rotatable bonds is 6. The van der Waals surface area contributed by atoms with Crippen molar-refractivity contribution in [1.29, 1.82) is 0 Å². The van der Waals surface area contributed by atoms with Gasteiger partial charge in [0, 0.05) is 23.7 Å². The molecule has 1 atom stereocenters. The zero-order chi connectivity index (χ0) is 13.5. The number of Topliss-reactive ketones (excluding diaryl/α,β-unsaturated/α-hetero) is 1. The van der Waals surface area contributed by atoms with Gasteiger partial charge in [-0.05, 0) is 44.7 Å². The largest absolute Gasteiger partial charge is 0.326 e. The van der Waals surface area contributed by atoms with Crippen molar-refractivity contribution in [3.8, 4) is 0 Å². The maximum absolute atomic E-state index is 11.7. The lowest BCUT2D eigenvalue weighted by atomic mass is 10.1. The summed E-state index contributed by atoms with van der Waals surface area (Å²) in [4.78, 5) is 22.8. The molecule has 0 aliphatic carbocycles. The predicted molar refractivity (Wildman–Crippen MR) is 72.8 cm³/mol. The zero-order valence-corrected chi connectivity index (χ0v) is 11.1. The van der Waals surface area contributed by atoms with Crippen LogP contribution < -0.4 is 10.6 Å². The molecule has 18 heavy (non-hydrogen) atoms. The maximum Gasteiger partial charge on any atom is 0.225 e. The summed E-state index contributed by atoms with van der Waals surface area (Å²) in [5, 5.41) is 5.99. The first-order valence-electron chi connectivity index (χ1n) is 6.17. The van der Waals surface area contributed by atoms with E-state index in [9.17, 15) is 9.59 Å². The summed E-state index contributed by atoms with van der Waals surface area (Å²) in [5.74, 6) is -0.00679. The van der Waals surface area contributed by atoms with Crippen LogP contribution in [0.1, 0.15) is 37.6 Å². The molecule has 1 unspecified atom stereocenters. The van der Waals surface area contributed by atoms with Crippen molar-refractivity contribution in [2.75, 3.05) is 11.9 Å². The van der Waals surface area contributed by atoms with Crippen molar-refractivity contribution in [3.63, 3.8) is 0 Å². The fraction of sp³-hybridized carbons (Fsp3) is 0.429.